The highest BCUT2D eigenvalue weighted by molar-refractivity contribution is 8.23. The van der Waals surface area contributed by atoms with Crippen LogP contribution in [-0.4, -0.2) is 42.6 Å². The van der Waals surface area contributed by atoms with Crippen LogP contribution >= 0.6 is 24.0 Å². The highest BCUT2D eigenvalue weighted by atomic mass is 32.2. The van der Waals surface area contributed by atoms with Crippen LogP contribution in [0.15, 0.2) is 12.4 Å². The Kier molecular flexibility index (Phi) is 2.99. The van der Waals surface area contributed by atoms with E-state index >= 15 is 0 Å². The molecular formula is C9H13N3OS2. The highest BCUT2D eigenvalue weighted by Crippen LogP contribution is 2.31. The molecule has 1 aliphatic rings. The average molecular weight is 243 g/mol. The van der Waals surface area contributed by atoms with Gasteiger partial charge in [-0.15, -0.1) is 0 Å². The van der Waals surface area contributed by atoms with Crippen LogP contribution in [0.1, 0.15) is 5.56 Å². The first-order valence-electron chi connectivity index (χ1n) is 4.67. The van der Waals surface area contributed by atoms with Crippen molar-refractivity contribution in [3.63, 3.8) is 0 Å². The summed E-state index contributed by atoms with van der Waals surface area (Å²) in [5.74, 6) is 0. The lowest BCUT2D eigenvalue weighted by molar-refractivity contribution is 0.0771. The second-order valence-electron chi connectivity index (χ2n) is 3.67. The predicted octanol–water partition coefficient (Wildman–Crippen LogP) is 0.613. The van der Waals surface area contributed by atoms with Crippen LogP contribution < -0.4 is 0 Å². The Labute approximate surface area is 98.3 Å². The molecule has 82 valence electrons. The number of aliphatic hydroxyl groups excluding tert-OH is 1. The van der Waals surface area contributed by atoms with E-state index in [2.05, 4.69) is 5.10 Å². The van der Waals surface area contributed by atoms with Crippen molar-refractivity contribution in [2.75, 3.05) is 7.05 Å². The van der Waals surface area contributed by atoms with Crippen LogP contribution in [-0.2, 0) is 13.5 Å². The van der Waals surface area contributed by atoms with Gasteiger partial charge >= 0.3 is 0 Å². The highest BCUT2D eigenvalue weighted by Gasteiger charge is 2.34. The molecular weight excluding hydrogens is 230 g/mol. The normalized spacial score (nSPS) is 26.3. The van der Waals surface area contributed by atoms with E-state index in [1.54, 1.807) is 21.3 Å². The van der Waals surface area contributed by atoms with Crippen molar-refractivity contribution in [2.45, 2.75) is 17.9 Å². The third-order valence-corrected chi connectivity index (χ3v) is 4.24. The second kappa shape index (κ2) is 4.11. The number of nitrogens with zero attached hydrogens (tertiary/aromatic N) is 3. The van der Waals surface area contributed by atoms with Gasteiger partial charge in [0.1, 0.15) is 10.5 Å². The summed E-state index contributed by atoms with van der Waals surface area (Å²) in [6.45, 7) is 0. The topological polar surface area (TPSA) is 41.3 Å². The molecule has 1 aromatic heterocycles. The maximum Gasteiger partial charge on any atom is 0.140 e. The number of thioether (sulfide) groups is 1. The second-order valence-corrected chi connectivity index (χ2v) is 5.55. The van der Waals surface area contributed by atoms with Gasteiger partial charge in [-0.05, 0) is 12.0 Å². The van der Waals surface area contributed by atoms with Gasteiger partial charge in [-0.2, -0.15) is 5.10 Å². The van der Waals surface area contributed by atoms with Gasteiger partial charge in [0.25, 0.3) is 0 Å². The van der Waals surface area contributed by atoms with Crippen LogP contribution in [0.5, 0.6) is 0 Å². The Morgan fingerprint density at radius 3 is 2.80 bits per heavy atom. The number of hydrogen-bond donors (Lipinski definition) is 1. The Morgan fingerprint density at radius 2 is 2.33 bits per heavy atom. The van der Waals surface area contributed by atoms with Gasteiger partial charge in [0.2, 0.25) is 0 Å². The third-order valence-electron chi connectivity index (χ3n) is 2.46. The molecule has 1 N–H and O–H groups in total. The van der Waals surface area contributed by atoms with E-state index in [9.17, 15) is 5.11 Å². The van der Waals surface area contributed by atoms with Crippen molar-refractivity contribution in [1.29, 1.82) is 0 Å². The van der Waals surface area contributed by atoms with Crippen molar-refractivity contribution in [2.24, 2.45) is 7.05 Å². The third kappa shape index (κ3) is 2.16. The van der Waals surface area contributed by atoms with E-state index < -0.39 is 6.23 Å². The molecule has 0 radical (unpaired) electrons. The first kappa shape index (κ1) is 10.9. The predicted molar refractivity (Wildman–Crippen MR) is 64.7 cm³/mol. The average Bonchev–Trinajstić information content (AvgIpc) is 2.68. The lowest BCUT2D eigenvalue weighted by Gasteiger charge is -2.17. The van der Waals surface area contributed by atoms with Crippen molar-refractivity contribution < 1.29 is 5.11 Å². The molecule has 15 heavy (non-hydrogen) atoms. The standard InChI is InChI=1S/C9H13N3OS2/c1-11-5-6(4-10-11)3-7-8(13)12(2)9(14)15-7/h4-5,7-8,13H,3H2,1-2H3/t7-,8-/m1/s1. The quantitative estimate of drug-likeness (QED) is 0.771. The lowest BCUT2D eigenvalue weighted by Crippen LogP contribution is -2.33. The van der Waals surface area contributed by atoms with E-state index in [1.165, 1.54) is 0 Å². The fourth-order valence-corrected chi connectivity index (χ4v) is 3.18. The Hall–Kier alpha value is -0.590. The van der Waals surface area contributed by atoms with Gasteiger partial charge in [-0.3, -0.25) is 4.68 Å². The van der Waals surface area contributed by atoms with Gasteiger partial charge in [0.15, 0.2) is 0 Å². The summed E-state index contributed by atoms with van der Waals surface area (Å²) in [4.78, 5) is 1.74. The van der Waals surface area contributed by atoms with Crippen molar-refractivity contribution in [1.82, 2.24) is 14.7 Å². The number of rotatable bonds is 2. The summed E-state index contributed by atoms with van der Waals surface area (Å²) in [5.41, 5.74) is 1.13. The molecule has 2 rings (SSSR count). The number of aromatic nitrogens is 2. The maximum atomic E-state index is 9.89. The van der Waals surface area contributed by atoms with Crippen LogP contribution in [0, 0.1) is 0 Å². The van der Waals surface area contributed by atoms with E-state index in [4.69, 9.17) is 12.2 Å². The first-order valence-corrected chi connectivity index (χ1v) is 5.96. The molecule has 0 aromatic carbocycles. The number of aryl methyl sites for hydroxylation is 1. The van der Waals surface area contributed by atoms with E-state index in [0.29, 0.717) is 0 Å². The van der Waals surface area contributed by atoms with Crippen LogP contribution in [0.2, 0.25) is 0 Å². The molecule has 2 heterocycles. The van der Waals surface area contributed by atoms with Gasteiger partial charge in [0, 0.05) is 20.3 Å². The molecule has 0 aliphatic carbocycles. The van der Waals surface area contributed by atoms with Crippen molar-refractivity contribution in [3.05, 3.63) is 18.0 Å². The summed E-state index contributed by atoms with van der Waals surface area (Å²) in [6, 6.07) is 0. The molecule has 0 amide bonds. The van der Waals surface area contributed by atoms with Crippen LogP contribution in [0.3, 0.4) is 0 Å². The molecule has 1 aliphatic heterocycles. The van der Waals surface area contributed by atoms with Gasteiger partial charge in [-0.25, -0.2) is 0 Å². The van der Waals surface area contributed by atoms with Gasteiger partial charge < -0.3 is 10.0 Å². The fraction of sp³-hybridized carbons (Fsp3) is 0.556. The first-order chi connectivity index (χ1) is 7.08. The van der Waals surface area contributed by atoms with Gasteiger partial charge in [-0.1, -0.05) is 24.0 Å². The zero-order valence-corrected chi connectivity index (χ0v) is 10.3. The Balaban J connectivity index is 2.04. The zero-order chi connectivity index (χ0) is 11.0. The molecule has 4 nitrogen and oxygen atoms in total. The van der Waals surface area contributed by atoms with E-state index in [0.717, 1.165) is 16.3 Å². The van der Waals surface area contributed by atoms with Crippen molar-refractivity contribution >= 4 is 28.3 Å². The monoisotopic (exact) mass is 243 g/mol. The molecule has 0 spiro atoms. The zero-order valence-electron chi connectivity index (χ0n) is 8.62. The molecule has 1 saturated heterocycles. The smallest absolute Gasteiger partial charge is 0.140 e. The Morgan fingerprint density at radius 1 is 1.60 bits per heavy atom. The molecule has 1 fully saturated rings. The minimum absolute atomic E-state index is 0.117. The summed E-state index contributed by atoms with van der Waals surface area (Å²) in [7, 11) is 3.71. The minimum atomic E-state index is -0.484. The summed E-state index contributed by atoms with van der Waals surface area (Å²) in [5, 5.41) is 14.1. The maximum absolute atomic E-state index is 9.89. The SMILES string of the molecule is CN1C(=S)S[C@H](Cc2cnn(C)c2)[C@H]1O. The van der Waals surface area contributed by atoms with Gasteiger partial charge in [0.05, 0.1) is 11.4 Å². The lowest BCUT2D eigenvalue weighted by atomic mass is 10.2. The van der Waals surface area contributed by atoms with E-state index in [-0.39, 0.29) is 5.25 Å². The van der Waals surface area contributed by atoms with E-state index in [1.807, 2.05) is 26.5 Å². The molecule has 0 bridgehead atoms. The molecule has 0 unspecified atom stereocenters. The largest absolute Gasteiger partial charge is 0.372 e. The molecule has 2 atom stereocenters. The number of thiocarbonyl (C=S) groups is 1. The molecule has 1 aromatic rings. The summed E-state index contributed by atoms with van der Waals surface area (Å²) < 4.78 is 2.53. The number of hydrogen-bond acceptors (Lipinski definition) is 4. The van der Waals surface area contributed by atoms with Crippen LogP contribution in [0.4, 0.5) is 0 Å². The molecule has 0 saturated carbocycles. The fourth-order valence-electron chi connectivity index (χ4n) is 1.59. The molecule has 6 heteroatoms. The van der Waals surface area contributed by atoms with Crippen molar-refractivity contribution in [3.8, 4) is 0 Å². The summed E-state index contributed by atoms with van der Waals surface area (Å²) >= 11 is 6.68. The minimum Gasteiger partial charge on any atom is -0.372 e. The van der Waals surface area contributed by atoms with Crippen LogP contribution in [0.25, 0.3) is 0 Å². The number of aliphatic hydroxyl groups is 1. The Bertz CT molecular complexity index is 379. The summed E-state index contributed by atoms with van der Waals surface area (Å²) in [6.07, 6.45) is 4.11.